The van der Waals surface area contributed by atoms with Crippen molar-refractivity contribution < 1.29 is 27.1 Å². The van der Waals surface area contributed by atoms with Crippen LogP contribution in [0, 0.1) is 5.82 Å². The fraction of sp³-hybridized carbons (Fsp3) is 0.267. The third kappa shape index (κ3) is 7.24. The van der Waals surface area contributed by atoms with Gasteiger partial charge >= 0.3 is 6.18 Å². The van der Waals surface area contributed by atoms with Crippen molar-refractivity contribution in [2.75, 3.05) is 50.9 Å². The molecule has 2 aromatic heterocycles. The van der Waals surface area contributed by atoms with E-state index >= 15 is 0 Å². The van der Waals surface area contributed by atoms with Crippen LogP contribution < -0.4 is 15.4 Å². The molecule has 1 aliphatic heterocycles. The fourth-order valence-electron chi connectivity index (χ4n) is 4.59. The molecule has 5 rings (SSSR count). The van der Waals surface area contributed by atoms with Crippen LogP contribution in [-0.4, -0.2) is 70.9 Å². The highest BCUT2D eigenvalue weighted by Crippen LogP contribution is 2.34. The number of aromatic nitrogens is 3. The number of carbonyl (C=O) groups excluding carboxylic acids is 1. The molecule has 2 N–H and O–H groups in total. The average molecular weight is 596 g/mol. The molecule has 4 aromatic rings. The molecule has 0 atom stereocenters. The fourth-order valence-corrected chi connectivity index (χ4v) is 4.59. The van der Waals surface area contributed by atoms with Gasteiger partial charge in [-0.25, -0.2) is 19.3 Å². The molecule has 2 aromatic carbocycles. The number of rotatable bonds is 8. The number of ether oxygens (including phenoxy) is 1. The Labute approximate surface area is 245 Å². The van der Waals surface area contributed by atoms with Gasteiger partial charge in [-0.3, -0.25) is 9.69 Å². The lowest BCUT2D eigenvalue weighted by molar-refractivity contribution is -0.137. The summed E-state index contributed by atoms with van der Waals surface area (Å²) < 4.78 is 61.5. The first kappa shape index (κ1) is 29.9. The highest BCUT2D eigenvalue weighted by atomic mass is 19.4. The average Bonchev–Trinajstić information content (AvgIpc) is 2.99. The lowest BCUT2D eigenvalue weighted by atomic mass is 10.1. The number of nitrogens with one attached hydrogen (secondary N) is 2. The van der Waals surface area contributed by atoms with Gasteiger partial charge in [0.15, 0.2) is 0 Å². The number of pyridine rings is 1. The van der Waals surface area contributed by atoms with E-state index < -0.39 is 29.0 Å². The Hall–Kier alpha value is -4.62. The number of likely N-dealkylation sites (N-methyl/N-ethyl adjacent to an activating group) is 1. The molecule has 1 amide bonds. The maximum atomic E-state index is 14.9. The van der Waals surface area contributed by atoms with Crippen LogP contribution in [0.4, 0.5) is 29.2 Å². The van der Waals surface area contributed by atoms with Crippen LogP contribution in [-0.2, 0) is 12.7 Å². The molecule has 0 spiro atoms. The molecular formula is C30H29F4N7O2. The van der Waals surface area contributed by atoms with Gasteiger partial charge in [0.1, 0.15) is 11.6 Å². The molecule has 1 aliphatic rings. The molecule has 0 saturated carbocycles. The molecule has 224 valence electrons. The zero-order valence-electron chi connectivity index (χ0n) is 23.5. The summed E-state index contributed by atoms with van der Waals surface area (Å²) in [4.78, 5) is 30.3. The highest BCUT2D eigenvalue weighted by Gasteiger charge is 2.31. The molecule has 0 aliphatic carbocycles. The monoisotopic (exact) mass is 595 g/mol. The van der Waals surface area contributed by atoms with Gasteiger partial charge in [0, 0.05) is 57.9 Å². The number of anilines is 2. The van der Waals surface area contributed by atoms with E-state index in [1.807, 2.05) is 7.05 Å². The van der Waals surface area contributed by atoms with E-state index in [1.165, 1.54) is 24.4 Å². The number of benzene rings is 2. The Morgan fingerprint density at radius 1 is 1.00 bits per heavy atom. The second kappa shape index (κ2) is 12.7. The Kier molecular flexibility index (Phi) is 8.83. The van der Waals surface area contributed by atoms with Crippen LogP contribution in [0.15, 0.2) is 67.0 Å². The van der Waals surface area contributed by atoms with Gasteiger partial charge in [-0.05, 0) is 61.1 Å². The summed E-state index contributed by atoms with van der Waals surface area (Å²) in [5, 5.41) is 5.36. The third-order valence-corrected chi connectivity index (χ3v) is 7.00. The van der Waals surface area contributed by atoms with E-state index in [9.17, 15) is 22.4 Å². The summed E-state index contributed by atoms with van der Waals surface area (Å²) in [6.07, 6.45) is -1.55. The highest BCUT2D eigenvalue weighted by molar-refractivity contribution is 6.05. The summed E-state index contributed by atoms with van der Waals surface area (Å²) >= 11 is 0. The number of hydrogen-bond acceptors (Lipinski definition) is 8. The molecule has 1 saturated heterocycles. The first-order valence-corrected chi connectivity index (χ1v) is 13.5. The predicted molar refractivity (Wildman–Crippen MR) is 153 cm³/mol. The molecule has 1 fully saturated rings. The Bertz CT molecular complexity index is 1610. The van der Waals surface area contributed by atoms with Gasteiger partial charge in [0.2, 0.25) is 11.8 Å². The first-order valence-electron chi connectivity index (χ1n) is 13.5. The number of carbonyl (C=O) groups is 1. The predicted octanol–water partition coefficient (Wildman–Crippen LogP) is 5.53. The number of alkyl halides is 3. The summed E-state index contributed by atoms with van der Waals surface area (Å²) in [5.41, 5.74) is 0.158. The van der Waals surface area contributed by atoms with E-state index in [4.69, 9.17) is 4.74 Å². The Balaban J connectivity index is 1.41. The van der Waals surface area contributed by atoms with Gasteiger partial charge in [0.25, 0.3) is 5.91 Å². The van der Waals surface area contributed by atoms with Crippen LogP contribution in [0.2, 0.25) is 0 Å². The summed E-state index contributed by atoms with van der Waals surface area (Å²) in [6.45, 7) is 3.39. The van der Waals surface area contributed by atoms with E-state index in [1.54, 1.807) is 31.4 Å². The van der Waals surface area contributed by atoms with Crippen LogP contribution in [0.1, 0.15) is 21.5 Å². The minimum absolute atomic E-state index is 0.0411. The number of halogens is 4. The van der Waals surface area contributed by atoms with E-state index in [2.05, 4.69) is 35.4 Å². The van der Waals surface area contributed by atoms with Crippen molar-refractivity contribution in [3.63, 3.8) is 0 Å². The van der Waals surface area contributed by atoms with Crippen molar-refractivity contribution in [2.24, 2.45) is 0 Å². The third-order valence-electron chi connectivity index (χ3n) is 7.00. The van der Waals surface area contributed by atoms with Gasteiger partial charge < -0.3 is 20.3 Å². The molecule has 3 heterocycles. The summed E-state index contributed by atoms with van der Waals surface area (Å²) in [6, 6.07) is 11.9. The SMILES string of the molecule is CNc1nccc(-c2cccnc2Oc2ccc(F)c(C(=O)Nc3cc(C(F)(F)F)ccc3CN3CCN(C)CC3)c2)n1. The van der Waals surface area contributed by atoms with Crippen LogP contribution >= 0.6 is 0 Å². The number of amides is 1. The Morgan fingerprint density at radius 2 is 1.79 bits per heavy atom. The molecule has 0 radical (unpaired) electrons. The number of nitrogens with zero attached hydrogens (tertiary/aromatic N) is 5. The lowest BCUT2D eigenvalue weighted by Gasteiger charge is -2.32. The minimum Gasteiger partial charge on any atom is -0.438 e. The van der Waals surface area contributed by atoms with Crippen molar-refractivity contribution in [3.8, 4) is 22.9 Å². The molecular weight excluding hydrogens is 566 g/mol. The maximum Gasteiger partial charge on any atom is 0.416 e. The largest absolute Gasteiger partial charge is 0.438 e. The standard InChI is InChI=1S/C30H29F4N7O2/c1-35-29-37-11-9-25(39-29)22-4-3-10-36-28(22)43-21-7-8-24(31)23(17-21)27(42)38-26-16-20(30(32,33)34)6-5-19(26)18-41-14-12-40(2)13-15-41/h3-11,16-17H,12-15,18H2,1-2H3,(H,38,42)(H,35,37,39). The molecule has 9 nitrogen and oxygen atoms in total. The summed E-state index contributed by atoms with van der Waals surface area (Å²) in [7, 11) is 3.68. The van der Waals surface area contributed by atoms with Crippen molar-refractivity contribution in [1.82, 2.24) is 24.8 Å². The van der Waals surface area contributed by atoms with E-state index in [0.717, 1.165) is 44.4 Å². The molecule has 43 heavy (non-hydrogen) atoms. The van der Waals surface area contributed by atoms with Crippen molar-refractivity contribution in [1.29, 1.82) is 0 Å². The Morgan fingerprint density at radius 3 is 2.53 bits per heavy atom. The normalized spacial score (nSPS) is 14.4. The van der Waals surface area contributed by atoms with Gasteiger partial charge in [0.05, 0.1) is 22.4 Å². The second-order valence-corrected chi connectivity index (χ2v) is 10.0. The van der Waals surface area contributed by atoms with Crippen molar-refractivity contribution in [3.05, 3.63) is 89.5 Å². The zero-order chi connectivity index (χ0) is 30.6. The number of piperazine rings is 1. The second-order valence-electron chi connectivity index (χ2n) is 10.0. The molecule has 0 bridgehead atoms. The zero-order valence-corrected chi connectivity index (χ0v) is 23.5. The first-order chi connectivity index (χ1) is 20.6. The lowest BCUT2D eigenvalue weighted by Crippen LogP contribution is -2.44. The van der Waals surface area contributed by atoms with Crippen LogP contribution in [0.25, 0.3) is 11.3 Å². The maximum absolute atomic E-state index is 14.9. The molecule has 0 unspecified atom stereocenters. The van der Waals surface area contributed by atoms with Gasteiger partial charge in [-0.15, -0.1) is 0 Å². The summed E-state index contributed by atoms with van der Waals surface area (Å²) in [5.74, 6) is -1.16. The quantitative estimate of drug-likeness (QED) is 0.257. The molecule has 13 heteroatoms. The topological polar surface area (TPSA) is 95.5 Å². The van der Waals surface area contributed by atoms with Crippen LogP contribution in [0.5, 0.6) is 11.6 Å². The smallest absolute Gasteiger partial charge is 0.416 e. The number of hydrogen-bond donors (Lipinski definition) is 2. The van der Waals surface area contributed by atoms with Crippen molar-refractivity contribution in [2.45, 2.75) is 12.7 Å². The van der Waals surface area contributed by atoms with Crippen LogP contribution in [0.3, 0.4) is 0 Å². The van der Waals surface area contributed by atoms with E-state index in [0.29, 0.717) is 29.3 Å². The van der Waals surface area contributed by atoms with Crippen molar-refractivity contribution >= 4 is 17.5 Å². The minimum atomic E-state index is -4.62. The van der Waals surface area contributed by atoms with Gasteiger partial charge in [-0.2, -0.15) is 13.2 Å². The van der Waals surface area contributed by atoms with E-state index in [-0.39, 0.29) is 17.3 Å². The van der Waals surface area contributed by atoms with Gasteiger partial charge in [-0.1, -0.05) is 6.07 Å².